The molecule has 0 aliphatic heterocycles. The zero-order chi connectivity index (χ0) is 18.4. The van der Waals surface area contributed by atoms with Gasteiger partial charge in [0.05, 0.1) is 0 Å². The molecule has 2 heteroatoms. The molecule has 0 fully saturated rings. The highest BCUT2D eigenvalue weighted by atomic mass is 15.0. The van der Waals surface area contributed by atoms with E-state index >= 15 is 0 Å². The molecule has 0 radical (unpaired) electrons. The van der Waals surface area contributed by atoms with Crippen molar-refractivity contribution in [2.75, 3.05) is 33.7 Å². The second-order valence-electron chi connectivity index (χ2n) is 8.13. The molecule has 0 aromatic rings. The first-order valence-electron chi connectivity index (χ1n) is 11.6. The average Bonchev–Trinajstić information content (AvgIpc) is 2.60. The topological polar surface area (TPSA) is 17.3 Å². The summed E-state index contributed by atoms with van der Waals surface area (Å²) in [5, 5.41) is 4.62. The van der Waals surface area contributed by atoms with Gasteiger partial charge < -0.3 is 10.2 Å². The van der Waals surface area contributed by atoms with Crippen molar-refractivity contribution in [1.82, 2.24) is 4.90 Å². The maximum atomic E-state index is 4.62. The Balaban J connectivity index is 2.96. The van der Waals surface area contributed by atoms with Crippen LogP contribution in [-0.2, 0) is 0 Å². The van der Waals surface area contributed by atoms with Crippen molar-refractivity contribution < 1.29 is 0 Å². The highest BCUT2D eigenvalue weighted by Gasteiger charge is 1.94. The summed E-state index contributed by atoms with van der Waals surface area (Å²) in [5.41, 5.74) is 0. The van der Waals surface area contributed by atoms with E-state index in [1.807, 2.05) is 0 Å². The summed E-state index contributed by atoms with van der Waals surface area (Å²) >= 11 is 0. The Morgan fingerprint density at radius 2 is 0.840 bits per heavy atom. The van der Waals surface area contributed by atoms with Crippen LogP contribution in [0.25, 0.3) is 5.32 Å². The molecule has 0 rings (SSSR count). The molecule has 0 heterocycles. The fraction of sp³-hybridized carbons (Fsp3) is 1.00. The lowest BCUT2D eigenvalue weighted by Gasteiger charge is -2.19. The van der Waals surface area contributed by atoms with E-state index in [1.165, 1.54) is 116 Å². The zero-order valence-electron chi connectivity index (χ0n) is 18.0. The first-order chi connectivity index (χ1) is 12.3. The van der Waals surface area contributed by atoms with Crippen molar-refractivity contribution in [2.24, 2.45) is 0 Å². The first-order valence-corrected chi connectivity index (χ1v) is 11.6. The van der Waals surface area contributed by atoms with Gasteiger partial charge in [0.1, 0.15) is 0 Å². The minimum atomic E-state index is 1.05. The predicted molar refractivity (Wildman–Crippen MR) is 116 cm³/mol. The lowest BCUT2D eigenvalue weighted by Crippen LogP contribution is -2.13. The lowest BCUT2D eigenvalue weighted by atomic mass is 10.0. The highest BCUT2D eigenvalue weighted by Crippen LogP contribution is 2.13. The Hall–Kier alpha value is -0.0800. The highest BCUT2D eigenvalue weighted by molar-refractivity contribution is 4.78. The van der Waals surface area contributed by atoms with Crippen molar-refractivity contribution in [3.8, 4) is 0 Å². The van der Waals surface area contributed by atoms with Gasteiger partial charge in [-0.15, -0.1) is 13.1 Å². The molecular formula is C23H49N2-. The van der Waals surface area contributed by atoms with Crippen LogP contribution in [-0.4, -0.2) is 38.6 Å². The predicted octanol–water partition coefficient (Wildman–Crippen LogP) is 7.57. The maximum Gasteiger partial charge on any atom is -0.00412 e. The van der Waals surface area contributed by atoms with E-state index in [0.29, 0.717) is 0 Å². The summed E-state index contributed by atoms with van der Waals surface area (Å²) in [5.74, 6) is 0. The molecule has 2 nitrogen and oxygen atoms in total. The van der Waals surface area contributed by atoms with Gasteiger partial charge >= 0.3 is 0 Å². The number of hydrogen-bond acceptors (Lipinski definition) is 1. The van der Waals surface area contributed by atoms with Gasteiger partial charge in [-0.3, -0.25) is 0 Å². The van der Waals surface area contributed by atoms with Gasteiger partial charge in [0.25, 0.3) is 0 Å². The van der Waals surface area contributed by atoms with Gasteiger partial charge in [-0.25, -0.2) is 0 Å². The van der Waals surface area contributed by atoms with E-state index in [0.717, 1.165) is 13.1 Å². The Kier molecular flexibility index (Phi) is 21.9. The summed E-state index contributed by atoms with van der Waals surface area (Å²) in [6.07, 6.45) is 24.3. The minimum Gasteiger partial charge on any atom is -0.662 e. The largest absolute Gasteiger partial charge is 0.662 e. The number of rotatable bonds is 21. The lowest BCUT2D eigenvalue weighted by molar-refractivity contribution is 0.405. The van der Waals surface area contributed by atoms with E-state index in [-0.39, 0.29) is 0 Å². The second-order valence-corrected chi connectivity index (χ2v) is 8.13. The van der Waals surface area contributed by atoms with Crippen LogP contribution in [0.5, 0.6) is 0 Å². The smallest absolute Gasteiger partial charge is 0.00412 e. The second kappa shape index (κ2) is 22.0. The van der Waals surface area contributed by atoms with E-state index in [1.54, 1.807) is 0 Å². The summed E-state index contributed by atoms with van der Waals surface area (Å²) < 4.78 is 0. The van der Waals surface area contributed by atoms with E-state index in [2.05, 4.69) is 31.2 Å². The van der Waals surface area contributed by atoms with Crippen LogP contribution in [0.15, 0.2) is 0 Å². The molecule has 0 amide bonds. The summed E-state index contributed by atoms with van der Waals surface area (Å²) in [6, 6.07) is 0. The standard InChI is InChI=1S/C23H49N2/c1-4-5-6-7-8-9-10-11-12-13-14-15-16-17-18-19-21-24-22-20-23-25(2)3/h4-23H2,1-3H3/q-1. The summed E-state index contributed by atoms with van der Waals surface area (Å²) in [7, 11) is 4.27. The quantitative estimate of drug-likeness (QED) is 0.194. The Morgan fingerprint density at radius 1 is 0.480 bits per heavy atom. The Morgan fingerprint density at radius 3 is 1.24 bits per heavy atom. The fourth-order valence-corrected chi connectivity index (χ4v) is 3.38. The average molecular weight is 354 g/mol. The molecule has 0 spiro atoms. The molecule has 0 aliphatic rings. The van der Waals surface area contributed by atoms with Crippen LogP contribution in [0, 0.1) is 0 Å². The molecule has 25 heavy (non-hydrogen) atoms. The van der Waals surface area contributed by atoms with Gasteiger partial charge in [0, 0.05) is 0 Å². The van der Waals surface area contributed by atoms with Crippen LogP contribution in [0.1, 0.15) is 116 Å². The molecule has 0 saturated heterocycles. The van der Waals surface area contributed by atoms with Crippen LogP contribution < -0.4 is 0 Å². The third-order valence-electron chi connectivity index (χ3n) is 5.09. The molecule has 0 aromatic carbocycles. The molecule has 0 unspecified atom stereocenters. The third-order valence-corrected chi connectivity index (χ3v) is 5.09. The molecule has 0 atom stereocenters. The summed E-state index contributed by atoms with van der Waals surface area (Å²) in [6.45, 7) is 5.61. The van der Waals surface area contributed by atoms with Gasteiger partial charge in [-0.2, -0.15) is 0 Å². The summed E-state index contributed by atoms with van der Waals surface area (Å²) in [4.78, 5) is 2.24. The van der Waals surface area contributed by atoms with E-state index in [9.17, 15) is 0 Å². The van der Waals surface area contributed by atoms with Gasteiger partial charge in [0.15, 0.2) is 0 Å². The molecule has 152 valence electrons. The van der Waals surface area contributed by atoms with Crippen molar-refractivity contribution in [2.45, 2.75) is 116 Å². The zero-order valence-corrected chi connectivity index (χ0v) is 18.0. The van der Waals surface area contributed by atoms with E-state index in [4.69, 9.17) is 0 Å². The van der Waals surface area contributed by atoms with Crippen molar-refractivity contribution >= 4 is 0 Å². The Bertz CT molecular complexity index is 228. The molecule has 0 bridgehead atoms. The minimum absolute atomic E-state index is 1.05. The maximum absolute atomic E-state index is 4.62. The van der Waals surface area contributed by atoms with E-state index < -0.39 is 0 Å². The van der Waals surface area contributed by atoms with Gasteiger partial charge in [-0.1, -0.05) is 116 Å². The Labute approximate surface area is 160 Å². The van der Waals surface area contributed by atoms with Crippen LogP contribution in [0.2, 0.25) is 0 Å². The molecule has 0 N–H and O–H groups in total. The van der Waals surface area contributed by atoms with Crippen LogP contribution in [0.4, 0.5) is 0 Å². The molecule has 0 saturated carbocycles. The third kappa shape index (κ3) is 23.9. The molecular weight excluding hydrogens is 304 g/mol. The van der Waals surface area contributed by atoms with Crippen molar-refractivity contribution in [3.05, 3.63) is 5.32 Å². The van der Waals surface area contributed by atoms with Gasteiger partial charge in [0.2, 0.25) is 0 Å². The van der Waals surface area contributed by atoms with Gasteiger partial charge in [-0.05, 0) is 20.6 Å². The van der Waals surface area contributed by atoms with Crippen molar-refractivity contribution in [1.29, 1.82) is 0 Å². The van der Waals surface area contributed by atoms with Crippen LogP contribution >= 0.6 is 0 Å². The first kappa shape index (κ1) is 24.9. The van der Waals surface area contributed by atoms with Crippen LogP contribution in [0.3, 0.4) is 0 Å². The number of unbranched alkanes of at least 4 members (excludes halogenated alkanes) is 15. The molecule has 0 aromatic heterocycles. The fourth-order valence-electron chi connectivity index (χ4n) is 3.38. The monoisotopic (exact) mass is 353 g/mol. The number of nitrogens with zero attached hydrogens (tertiary/aromatic N) is 2. The molecule has 0 aliphatic carbocycles. The normalized spacial score (nSPS) is 11.5. The SMILES string of the molecule is CCCCCCCCCCCCCCCCCC[N-]CCCN(C)C. The number of hydrogen-bond donors (Lipinski definition) is 0. The van der Waals surface area contributed by atoms with Crippen molar-refractivity contribution in [3.63, 3.8) is 0 Å².